The van der Waals surface area contributed by atoms with Gasteiger partial charge in [-0.25, -0.2) is 0 Å². The fraction of sp³-hybridized carbons (Fsp3) is 0.304. The predicted octanol–water partition coefficient (Wildman–Crippen LogP) is 3.36. The third-order valence-electron chi connectivity index (χ3n) is 4.54. The Hall–Kier alpha value is -3.12. The second-order valence-corrected chi connectivity index (χ2v) is 7.37. The zero-order valence-corrected chi connectivity index (χ0v) is 16.6. The fourth-order valence-corrected chi connectivity index (χ4v) is 3.18. The van der Waals surface area contributed by atoms with Crippen molar-refractivity contribution in [3.05, 3.63) is 65.0 Å². The lowest BCUT2D eigenvalue weighted by atomic mass is 10.0. The average molecular weight is 395 g/mol. The molecule has 6 heteroatoms. The normalized spacial score (nSPS) is 12.1. The van der Waals surface area contributed by atoms with Crippen molar-refractivity contribution in [3.63, 3.8) is 0 Å². The summed E-state index contributed by atoms with van der Waals surface area (Å²) < 4.78 is 11.2. The summed E-state index contributed by atoms with van der Waals surface area (Å²) in [7, 11) is 0. The molecular formula is C23H25NO5. The van der Waals surface area contributed by atoms with Gasteiger partial charge in [-0.1, -0.05) is 44.2 Å². The fourth-order valence-electron chi connectivity index (χ4n) is 3.18. The number of ether oxygens (including phenoxy) is 1. The van der Waals surface area contributed by atoms with Gasteiger partial charge < -0.3 is 19.6 Å². The van der Waals surface area contributed by atoms with Gasteiger partial charge in [0.1, 0.15) is 17.6 Å². The van der Waals surface area contributed by atoms with E-state index in [2.05, 4.69) is 5.32 Å². The largest absolute Gasteiger partial charge is 0.484 e. The number of nitrogens with one attached hydrogen (secondary N) is 1. The van der Waals surface area contributed by atoms with Crippen molar-refractivity contribution in [1.29, 1.82) is 0 Å². The van der Waals surface area contributed by atoms with Crippen LogP contribution >= 0.6 is 0 Å². The van der Waals surface area contributed by atoms with E-state index in [-0.39, 0.29) is 30.6 Å². The van der Waals surface area contributed by atoms with Gasteiger partial charge in [-0.15, -0.1) is 0 Å². The van der Waals surface area contributed by atoms with E-state index >= 15 is 0 Å². The molecule has 2 aromatic carbocycles. The molecule has 152 valence electrons. The van der Waals surface area contributed by atoms with Gasteiger partial charge in [-0.05, 0) is 30.0 Å². The van der Waals surface area contributed by atoms with Crippen molar-refractivity contribution in [3.8, 4) is 16.9 Å². The van der Waals surface area contributed by atoms with E-state index in [0.29, 0.717) is 34.6 Å². The van der Waals surface area contributed by atoms with Crippen LogP contribution in [0.4, 0.5) is 0 Å². The Balaban J connectivity index is 1.70. The number of aliphatic hydroxyl groups excluding tert-OH is 1. The van der Waals surface area contributed by atoms with Crippen molar-refractivity contribution in [2.24, 2.45) is 5.92 Å². The average Bonchev–Trinajstić information content (AvgIpc) is 2.72. The molecule has 1 unspecified atom stereocenters. The number of fused-ring (bicyclic) bond motifs is 1. The molecule has 0 fully saturated rings. The van der Waals surface area contributed by atoms with Gasteiger partial charge in [0.05, 0.1) is 23.6 Å². The maximum atomic E-state index is 12.8. The number of benzene rings is 2. The Morgan fingerprint density at radius 2 is 1.93 bits per heavy atom. The topological polar surface area (TPSA) is 88.8 Å². The minimum Gasteiger partial charge on any atom is -0.484 e. The first-order valence-electron chi connectivity index (χ1n) is 9.62. The van der Waals surface area contributed by atoms with Crippen LogP contribution in [0.2, 0.25) is 0 Å². The first-order chi connectivity index (χ1) is 14.0. The van der Waals surface area contributed by atoms with E-state index in [0.717, 1.165) is 5.56 Å². The molecule has 0 aliphatic carbocycles. The van der Waals surface area contributed by atoms with Crippen LogP contribution in [0.25, 0.3) is 22.1 Å². The molecule has 0 spiro atoms. The number of carbonyl (C=O) groups excluding carboxylic acids is 1. The lowest BCUT2D eigenvalue weighted by Crippen LogP contribution is -2.40. The molecule has 6 nitrogen and oxygen atoms in total. The number of hydrogen-bond donors (Lipinski definition) is 2. The molecule has 2 N–H and O–H groups in total. The van der Waals surface area contributed by atoms with Gasteiger partial charge >= 0.3 is 0 Å². The minimum absolute atomic E-state index is 0.116. The zero-order chi connectivity index (χ0) is 20.8. The van der Waals surface area contributed by atoms with Gasteiger partial charge in [0.25, 0.3) is 5.91 Å². The van der Waals surface area contributed by atoms with Gasteiger partial charge in [-0.2, -0.15) is 0 Å². The standard InChI is InChI=1S/C23H25NO5/c1-15(2)10-17(12-25)24-22(26)14-28-18-8-9-19-21(11-18)29-13-20(23(19)27)16-6-4-3-5-7-16/h3-9,11,13,15,17,25H,10,12,14H2,1-2H3,(H,24,26). The highest BCUT2D eigenvalue weighted by Crippen LogP contribution is 2.23. The van der Waals surface area contributed by atoms with Crippen LogP contribution in [0.15, 0.2) is 64.0 Å². The SMILES string of the molecule is CC(C)CC(CO)NC(=O)COc1ccc2c(=O)c(-c3ccccc3)coc2c1. The summed E-state index contributed by atoms with van der Waals surface area (Å²) in [5, 5.41) is 12.6. The summed E-state index contributed by atoms with van der Waals surface area (Å²) in [6.45, 7) is 3.75. The Morgan fingerprint density at radius 1 is 1.17 bits per heavy atom. The van der Waals surface area contributed by atoms with E-state index in [1.165, 1.54) is 6.26 Å². The second kappa shape index (κ2) is 9.39. The third kappa shape index (κ3) is 5.23. The van der Waals surface area contributed by atoms with Crippen molar-refractivity contribution in [1.82, 2.24) is 5.32 Å². The lowest BCUT2D eigenvalue weighted by Gasteiger charge is -2.18. The number of amides is 1. The molecule has 0 saturated carbocycles. The van der Waals surface area contributed by atoms with Gasteiger partial charge in [-0.3, -0.25) is 9.59 Å². The van der Waals surface area contributed by atoms with Crippen LogP contribution in [0, 0.1) is 5.92 Å². The maximum Gasteiger partial charge on any atom is 0.258 e. The van der Waals surface area contributed by atoms with Crippen LogP contribution in [0.1, 0.15) is 20.3 Å². The summed E-state index contributed by atoms with van der Waals surface area (Å²) in [5.74, 6) is 0.468. The van der Waals surface area contributed by atoms with Gasteiger partial charge in [0.15, 0.2) is 12.0 Å². The van der Waals surface area contributed by atoms with Crippen LogP contribution < -0.4 is 15.5 Å². The number of carbonyl (C=O) groups is 1. The van der Waals surface area contributed by atoms with Gasteiger partial charge in [0, 0.05) is 6.07 Å². The number of aliphatic hydroxyl groups is 1. The van der Waals surface area contributed by atoms with Crippen molar-refractivity contribution in [2.75, 3.05) is 13.2 Å². The molecular weight excluding hydrogens is 370 g/mol. The second-order valence-electron chi connectivity index (χ2n) is 7.37. The maximum absolute atomic E-state index is 12.8. The molecule has 0 radical (unpaired) electrons. The van der Waals surface area contributed by atoms with Crippen molar-refractivity contribution in [2.45, 2.75) is 26.3 Å². The smallest absolute Gasteiger partial charge is 0.258 e. The molecule has 0 bridgehead atoms. The van der Waals surface area contributed by atoms with E-state index in [9.17, 15) is 14.7 Å². The first-order valence-corrected chi connectivity index (χ1v) is 9.62. The van der Waals surface area contributed by atoms with Crippen LogP contribution in [0.5, 0.6) is 5.75 Å². The molecule has 1 amide bonds. The molecule has 29 heavy (non-hydrogen) atoms. The molecule has 3 rings (SSSR count). The summed E-state index contributed by atoms with van der Waals surface area (Å²) in [6.07, 6.45) is 2.13. The molecule has 0 aliphatic rings. The lowest BCUT2D eigenvalue weighted by molar-refractivity contribution is -0.124. The van der Waals surface area contributed by atoms with Gasteiger partial charge in [0.2, 0.25) is 0 Å². The Bertz CT molecular complexity index is 1030. The predicted molar refractivity (Wildman–Crippen MR) is 112 cm³/mol. The highest BCUT2D eigenvalue weighted by Gasteiger charge is 2.14. The highest BCUT2D eigenvalue weighted by atomic mass is 16.5. The number of rotatable bonds is 8. The van der Waals surface area contributed by atoms with E-state index in [1.807, 2.05) is 44.2 Å². The third-order valence-corrected chi connectivity index (χ3v) is 4.54. The number of hydrogen-bond acceptors (Lipinski definition) is 5. The monoisotopic (exact) mass is 395 g/mol. The van der Waals surface area contributed by atoms with E-state index in [4.69, 9.17) is 9.15 Å². The molecule has 0 saturated heterocycles. The minimum atomic E-state index is -0.314. The Labute approximate surface area is 169 Å². The van der Waals surface area contributed by atoms with E-state index < -0.39 is 0 Å². The molecule has 3 aromatic rings. The molecule has 0 aliphatic heterocycles. The molecule has 1 atom stereocenters. The molecule has 1 aromatic heterocycles. The molecule has 1 heterocycles. The first kappa shape index (κ1) is 20.6. The summed E-state index contributed by atoms with van der Waals surface area (Å²) >= 11 is 0. The van der Waals surface area contributed by atoms with Crippen LogP contribution in [-0.2, 0) is 4.79 Å². The van der Waals surface area contributed by atoms with Crippen LogP contribution in [0.3, 0.4) is 0 Å². The van der Waals surface area contributed by atoms with Crippen LogP contribution in [-0.4, -0.2) is 30.3 Å². The highest BCUT2D eigenvalue weighted by molar-refractivity contribution is 5.83. The summed E-state index contributed by atoms with van der Waals surface area (Å²) in [5.41, 5.74) is 1.55. The van der Waals surface area contributed by atoms with Crippen molar-refractivity contribution < 1.29 is 19.1 Å². The Kier molecular flexibility index (Phi) is 6.67. The zero-order valence-electron chi connectivity index (χ0n) is 16.6. The quantitative estimate of drug-likeness (QED) is 0.611. The summed E-state index contributed by atoms with van der Waals surface area (Å²) in [6, 6.07) is 13.9. The van der Waals surface area contributed by atoms with E-state index in [1.54, 1.807) is 18.2 Å². The van der Waals surface area contributed by atoms with Crippen molar-refractivity contribution >= 4 is 16.9 Å². The Morgan fingerprint density at radius 3 is 2.62 bits per heavy atom. The summed E-state index contributed by atoms with van der Waals surface area (Å²) in [4.78, 5) is 24.8.